The third-order valence-electron chi connectivity index (χ3n) is 2.29. The predicted octanol–water partition coefficient (Wildman–Crippen LogP) is 0.838. The highest BCUT2D eigenvalue weighted by Gasteiger charge is 2.28. The van der Waals surface area contributed by atoms with Gasteiger partial charge in [0.25, 0.3) is 0 Å². The molecule has 0 spiro atoms. The van der Waals surface area contributed by atoms with Gasteiger partial charge in [0, 0.05) is 6.42 Å². The fraction of sp³-hybridized carbons (Fsp3) is 0.600. The molecule has 0 saturated carbocycles. The molecular formula is C10H16O3. The first kappa shape index (κ1) is 10.3. The lowest BCUT2D eigenvalue weighted by Gasteiger charge is -2.28. The number of rotatable bonds is 3. The standard InChI is InChI=1S/C10H16O3/c1-8-3-9(13-2)5-10(4-8,6-11)7-12/h4-5,11-12H,3,6-7H2,1-2H3. The van der Waals surface area contributed by atoms with Crippen molar-refractivity contribution < 1.29 is 14.9 Å². The molecule has 1 rings (SSSR count). The zero-order valence-corrected chi connectivity index (χ0v) is 8.08. The zero-order chi connectivity index (χ0) is 9.90. The number of methoxy groups -OCH3 is 1. The lowest BCUT2D eigenvalue weighted by Crippen LogP contribution is -2.28. The molecule has 0 fully saturated rings. The van der Waals surface area contributed by atoms with E-state index in [1.165, 1.54) is 0 Å². The fourth-order valence-corrected chi connectivity index (χ4v) is 1.59. The minimum absolute atomic E-state index is 0.0896. The van der Waals surface area contributed by atoms with Crippen LogP contribution in [0.4, 0.5) is 0 Å². The molecular weight excluding hydrogens is 168 g/mol. The average Bonchev–Trinajstić information content (AvgIpc) is 2.16. The molecule has 0 radical (unpaired) electrons. The van der Waals surface area contributed by atoms with E-state index in [-0.39, 0.29) is 13.2 Å². The van der Waals surface area contributed by atoms with Crippen LogP contribution in [0.2, 0.25) is 0 Å². The summed E-state index contributed by atoms with van der Waals surface area (Å²) in [6.07, 6.45) is 4.45. The van der Waals surface area contributed by atoms with Crippen LogP contribution in [-0.4, -0.2) is 30.5 Å². The van der Waals surface area contributed by atoms with Crippen LogP contribution in [0.5, 0.6) is 0 Å². The summed E-state index contributed by atoms with van der Waals surface area (Å²) in [6.45, 7) is 1.79. The Bertz CT molecular complexity index is 237. The van der Waals surface area contributed by atoms with Gasteiger partial charge in [-0.3, -0.25) is 0 Å². The summed E-state index contributed by atoms with van der Waals surface area (Å²) < 4.78 is 5.12. The van der Waals surface area contributed by atoms with Gasteiger partial charge in [-0.25, -0.2) is 0 Å². The minimum Gasteiger partial charge on any atom is -0.501 e. The van der Waals surface area contributed by atoms with Crippen molar-refractivity contribution in [2.24, 2.45) is 5.41 Å². The molecule has 0 aromatic heterocycles. The maximum Gasteiger partial charge on any atom is 0.0966 e. The van der Waals surface area contributed by atoms with Crippen molar-refractivity contribution in [1.82, 2.24) is 0 Å². The van der Waals surface area contributed by atoms with Crippen LogP contribution < -0.4 is 0 Å². The van der Waals surface area contributed by atoms with E-state index in [0.717, 1.165) is 17.8 Å². The Morgan fingerprint density at radius 1 is 1.38 bits per heavy atom. The summed E-state index contributed by atoms with van der Waals surface area (Å²) in [5.74, 6) is 0.808. The van der Waals surface area contributed by atoms with Crippen molar-refractivity contribution in [2.75, 3.05) is 20.3 Å². The maximum absolute atomic E-state index is 9.17. The molecule has 3 nitrogen and oxygen atoms in total. The molecule has 1 aliphatic rings. The van der Waals surface area contributed by atoms with E-state index >= 15 is 0 Å². The van der Waals surface area contributed by atoms with Crippen molar-refractivity contribution >= 4 is 0 Å². The SMILES string of the molecule is COC1=CC(CO)(CO)C=C(C)C1. The van der Waals surface area contributed by atoms with Gasteiger partial charge in [0.1, 0.15) is 0 Å². The first-order valence-corrected chi connectivity index (χ1v) is 4.31. The molecule has 1 aliphatic carbocycles. The Balaban J connectivity index is 2.94. The monoisotopic (exact) mass is 184 g/mol. The second-order valence-electron chi connectivity index (χ2n) is 3.53. The smallest absolute Gasteiger partial charge is 0.0966 e. The van der Waals surface area contributed by atoms with Crippen molar-refractivity contribution in [3.05, 3.63) is 23.5 Å². The van der Waals surface area contributed by atoms with E-state index in [4.69, 9.17) is 14.9 Å². The van der Waals surface area contributed by atoms with Gasteiger partial charge in [0.2, 0.25) is 0 Å². The number of aliphatic hydroxyl groups is 2. The number of hydrogen-bond acceptors (Lipinski definition) is 3. The van der Waals surface area contributed by atoms with Gasteiger partial charge in [-0.15, -0.1) is 0 Å². The van der Waals surface area contributed by atoms with Crippen molar-refractivity contribution in [3.8, 4) is 0 Å². The summed E-state index contributed by atoms with van der Waals surface area (Å²) in [5, 5.41) is 18.3. The lowest BCUT2D eigenvalue weighted by molar-refractivity contribution is 0.120. The van der Waals surface area contributed by atoms with E-state index in [1.807, 2.05) is 13.0 Å². The van der Waals surface area contributed by atoms with E-state index < -0.39 is 5.41 Å². The second kappa shape index (κ2) is 3.94. The molecule has 0 aliphatic heterocycles. The second-order valence-corrected chi connectivity index (χ2v) is 3.53. The van der Waals surface area contributed by atoms with Gasteiger partial charge in [0.05, 0.1) is 31.5 Å². The molecule has 13 heavy (non-hydrogen) atoms. The van der Waals surface area contributed by atoms with E-state index in [9.17, 15) is 0 Å². The quantitative estimate of drug-likeness (QED) is 0.639. The third kappa shape index (κ3) is 2.11. The van der Waals surface area contributed by atoms with Gasteiger partial charge in [-0.2, -0.15) is 0 Å². The topological polar surface area (TPSA) is 49.7 Å². The number of hydrogen-bond donors (Lipinski definition) is 2. The van der Waals surface area contributed by atoms with E-state index in [1.54, 1.807) is 13.2 Å². The molecule has 0 amide bonds. The van der Waals surface area contributed by atoms with Crippen molar-refractivity contribution in [1.29, 1.82) is 0 Å². The predicted molar refractivity (Wildman–Crippen MR) is 50.1 cm³/mol. The molecule has 0 heterocycles. The highest BCUT2D eigenvalue weighted by atomic mass is 16.5. The highest BCUT2D eigenvalue weighted by molar-refractivity contribution is 5.26. The van der Waals surface area contributed by atoms with Crippen LogP contribution in [0.25, 0.3) is 0 Å². The number of allylic oxidation sites excluding steroid dienone is 1. The van der Waals surface area contributed by atoms with Gasteiger partial charge in [-0.05, 0) is 13.0 Å². The van der Waals surface area contributed by atoms with Gasteiger partial charge in [0.15, 0.2) is 0 Å². The van der Waals surface area contributed by atoms with Crippen molar-refractivity contribution in [3.63, 3.8) is 0 Å². The molecule has 0 bridgehead atoms. The Hall–Kier alpha value is -0.800. The summed E-state index contributed by atoms with van der Waals surface area (Å²) in [6, 6.07) is 0. The zero-order valence-electron chi connectivity index (χ0n) is 8.08. The van der Waals surface area contributed by atoms with Crippen LogP contribution in [0, 0.1) is 5.41 Å². The molecule has 0 atom stereocenters. The van der Waals surface area contributed by atoms with E-state index in [0.29, 0.717) is 0 Å². The summed E-state index contributed by atoms with van der Waals surface area (Å²) in [4.78, 5) is 0. The Labute approximate surface area is 78.3 Å². The first-order chi connectivity index (χ1) is 6.15. The Morgan fingerprint density at radius 3 is 2.46 bits per heavy atom. The fourth-order valence-electron chi connectivity index (χ4n) is 1.59. The summed E-state index contributed by atoms with van der Waals surface area (Å²) >= 11 is 0. The van der Waals surface area contributed by atoms with Crippen LogP contribution in [0.15, 0.2) is 23.5 Å². The molecule has 74 valence electrons. The van der Waals surface area contributed by atoms with E-state index in [2.05, 4.69) is 0 Å². The Kier molecular flexibility index (Phi) is 3.12. The summed E-state index contributed by atoms with van der Waals surface area (Å²) in [5.41, 5.74) is 0.482. The average molecular weight is 184 g/mol. The maximum atomic E-state index is 9.17. The Morgan fingerprint density at radius 2 is 2.00 bits per heavy atom. The minimum atomic E-state index is -0.631. The number of ether oxygens (including phenoxy) is 1. The van der Waals surface area contributed by atoms with Gasteiger partial charge >= 0.3 is 0 Å². The van der Waals surface area contributed by atoms with Crippen molar-refractivity contribution in [2.45, 2.75) is 13.3 Å². The van der Waals surface area contributed by atoms with Crippen LogP contribution in [0.3, 0.4) is 0 Å². The largest absolute Gasteiger partial charge is 0.501 e. The van der Waals surface area contributed by atoms with Crippen LogP contribution in [-0.2, 0) is 4.74 Å². The highest BCUT2D eigenvalue weighted by Crippen LogP contribution is 2.31. The third-order valence-corrected chi connectivity index (χ3v) is 2.29. The molecule has 0 aromatic rings. The van der Waals surface area contributed by atoms with Crippen LogP contribution in [0.1, 0.15) is 13.3 Å². The number of aliphatic hydroxyl groups excluding tert-OH is 2. The van der Waals surface area contributed by atoms with Gasteiger partial charge in [-0.1, -0.05) is 11.6 Å². The normalized spacial score (nSPS) is 20.6. The molecule has 0 saturated heterocycles. The van der Waals surface area contributed by atoms with Crippen LogP contribution >= 0.6 is 0 Å². The lowest BCUT2D eigenvalue weighted by atomic mass is 9.82. The summed E-state index contributed by atoms with van der Waals surface area (Å²) in [7, 11) is 1.60. The molecule has 0 unspecified atom stereocenters. The first-order valence-electron chi connectivity index (χ1n) is 4.31. The molecule has 2 N–H and O–H groups in total. The van der Waals surface area contributed by atoms with Gasteiger partial charge < -0.3 is 14.9 Å². The molecule has 0 aromatic carbocycles. The molecule has 3 heteroatoms.